The molecule has 19 heavy (non-hydrogen) atoms. The molecule has 0 radical (unpaired) electrons. The smallest absolute Gasteiger partial charge is 0.323 e. The number of hydrogen-bond acceptors (Lipinski definition) is 4. The predicted octanol–water partition coefficient (Wildman–Crippen LogP) is 2.36. The Balaban J connectivity index is 2.35. The van der Waals surface area contributed by atoms with Gasteiger partial charge in [-0.05, 0) is 18.1 Å². The fourth-order valence-corrected chi connectivity index (χ4v) is 3.02. The van der Waals surface area contributed by atoms with E-state index in [4.69, 9.17) is 17.3 Å². The number of allylic oxidation sites excluding steroid dienone is 1. The minimum atomic E-state index is -1.07. The van der Waals surface area contributed by atoms with Crippen LogP contribution in [0.2, 0.25) is 0 Å². The van der Waals surface area contributed by atoms with Crippen LogP contribution in [0.4, 0.5) is 0 Å². The molecule has 1 aliphatic heterocycles. The highest BCUT2D eigenvalue weighted by Crippen LogP contribution is 2.36. The molecule has 1 fully saturated rings. The fraction of sp³-hybridized carbons (Fsp3) is 0.154. The quantitative estimate of drug-likeness (QED) is 0.685. The van der Waals surface area contributed by atoms with Crippen LogP contribution in [0, 0.1) is 0 Å². The van der Waals surface area contributed by atoms with Crippen LogP contribution in [0.25, 0.3) is 5.57 Å². The topological polar surface area (TPSA) is 57.6 Å². The number of hydrogen-bond donors (Lipinski definition) is 1. The molecule has 6 heteroatoms. The molecule has 1 N–H and O–H groups in total. The van der Waals surface area contributed by atoms with Crippen molar-refractivity contribution in [1.82, 2.24) is 4.90 Å². The first-order valence-corrected chi connectivity index (χ1v) is 6.75. The summed E-state index contributed by atoms with van der Waals surface area (Å²) in [6.45, 7) is 1.44. The second-order valence-corrected chi connectivity index (χ2v) is 5.62. The molecule has 2 rings (SSSR count). The molecule has 0 saturated carbocycles. The molecule has 98 valence electrons. The van der Waals surface area contributed by atoms with E-state index in [9.17, 15) is 9.59 Å². The number of carbonyl (C=O) groups is 2. The minimum Gasteiger partial charge on any atom is -0.480 e. The maximum absolute atomic E-state index is 12.2. The number of aliphatic carboxylic acids is 1. The number of thiocarbonyl (C=S) groups is 1. The highest BCUT2D eigenvalue weighted by Gasteiger charge is 2.34. The van der Waals surface area contributed by atoms with Gasteiger partial charge in [0.15, 0.2) is 0 Å². The van der Waals surface area contributed by atoms with Crippen molar-refractivity contribution in [1.29, 1.82) is 0 Å². The number of carboxylic acid groups (broad SMARTS) is 1. The van der Waals surface area contributed by atoms with Crippen molar-refractivity contribution in [2.45, 2.75) is 6.92 Å². The standard InChI is InChI=1S/C13H11NO3S2/c1-8(9-5-3-2-4-6-9)11-12(17)14(7-10(15)16)13(18)19-11/h2-6H,7H2,1H3,(H,15,16)/b11-8+. The van der Waals surface area contributed by atoms with E-state index in [1.54, 1.807) is 0 Å². The van der Waals surface area contributed by atoms with E-state index in [2.05, 4.69) is 0 Å². The van der Waals surface area contributed by atoms with E-state index >= 15 is 0 Å². The van der Waals surface area contributed by atoms with Crippen molar-refractivity contribution in [3.8, 4) is 0 Å². The van der Waals surface area contributed by atoms with Gasteiger partial charge < -0.3 is 5.11 Å². The molecule has 1 aromatic carbocycles. The van der Waals surface area contributed by atoms with Crippen molar-refractivity contribution in [2.75, 3.05) is 6.54 Å². The van der Waals surface area contributed by atoms with Gasteiger partial charge in [0.1, 0.15) is 10.9 Å². The van der Waals surface area contributed by atoms with Gasteiger partial charge in [0.25, 0.3) is 5.91 Å². The Morgan fingerprint density at radius 1 is 1.37 bits per heavy atom. The van der Waals surface area contributed by atoms with Crippen LogP contribution in [0.15, 0.2) is 35.2 Å². The molecule has 1 amide bonds. The summed E-state index contributed by atoms with van der Waals surface area (Å²) in [6, 6.07) is 9.47. The Kier molecular flexibility index (Phi) is 4.01. The predicted molar refractivity (Wildman–Crippen MR) is 78.6 cm³/mol. The van der Waals surface area contributed by atoms with Crippen LogP contribution < -0.4 is 0 Å². The maximum Gasteiger partial charge on any atom is 0.323 e. The van der Waals surface area contributed by atoms with Gasteiger partial charge in [-0.3, -0.25) is 14.5 Å². The summed E-state index contributed by atoms with van der Waals surface area (Å²) in [5.41, 5.74) is 1.74. The molecule has 0 bridgehead atoms. The Morgan fingerprint density at radius 2 is 2.00 bits per heavy atom. The Labute approximate surface area is 120 Å². The number of carboxylic acids is 1. The van der Waals surface area contributed by atoms with Crippen LogP contribution in [-0.4, -0.2) is 32.7 Å². The van der Waals surface area contributed by atoms with Gasteiger partial charge in [0, 0.05) is 0 Å². The largest absolute Gasteiger partial charge is 0.480 e. The number of thioether (sulfide) groups is 1. The van der Waals surface area contributed by atoms with Crippen LogP contribution in [0.5, 0.6) is 0 Å². The van der Waals surface area contributed by atoms with E-state index in [1.807, 2.05) is 37.3 Å². The maximum atomic E-state index is 12.2. The number of rotatable bonds is 3. The van der Waals surface area contributed by atoms with Crippen LogP contribution in [-0.2, 0) is 9.59 Å². The van der Waals surface area contributed by atoms with Gasteiger partial charge in [-0.15, -0.1) is 0 Å². The van der Waals surface area contributed by atoms with Crippen molar-refractivity contribution in [2.24, 2.45) is 0 Å². The first kappa shape index (κ1) is 13.8. The lowest BCUT2D eigenvalue weighted by Crippen LogP contribution is -2.33. The summed E-state index contributed by atoms with van der Waals surface area (Å²) in [5.74, 6) is -1.41. The van der Waals surface area contributed by atoms with Gasteiger partial charge >= 0.3 is 5.97 Å². The second-order valence-electron chi connectivity index (χ2n) is 3.97. The molecule has 1 saturated heterocycles. The highest BCUT2D eigenvalue weighted by atomic mass is 32.2. The normalized spacial score (nSPS) is 17.8. The average molecular weight is 293 g/mol. The molecule has 0 aliphatic carbocycles. The third kappa shape index (κ3) is 2.85. The van der Waals surface area contributed by atoms with E-state index in [-0.39, 0.29) is 10.2 Å². The van der Waals surface area contributed by atoms with Crippen LogP contribution in [0.1, 0.15) is 12.5 Å². The van der Waals surface area contributed by atoms with E-state index in [1.165, 1.54) is 0 Å². The minimum absolute atomic E-state index is 0.290. The van der Waals surface area contributed by atoms with Gasteiger partial charge in [0.05, 0.1) is 4.91 Å². The number of carbonyl (C=O) groups excluding carboxylic acids is 1. The first-order valence-electron chi connectivity index (χ1n) is 5.52. The van der Waals surface area contributed by atoms with Gasteiger partial charge in [-0.2, -0.15) is 0 Å². The van der Waals surface area contributed by atoms with Crippen molar-refractivity contribution in [3.63, 3.8) is 0 Å². The molecule has 1 heterocycles. The lowest BCUT2D eigenvalue weighted by Gasteiger charge is -2.10. The monoisotopic (exact) mass is 293 g/mol. The summed E-state index contributed by atoms with van der Waals surface area (Å²) < 4.78 is 0.290. The lowest BCUT2D eigenvalue weighted by molar-refractivity contribution is -0.140. The lowest BCUT2D eigenvalue weighted by atomic mass is 10.1. The van der Waals surface area contributed by atoms with Gasteiger partial charge in [0.2, 0.25) is 0 Å². The SMILES string of the molecule is C/C(=C1\SC(=S)N(CC(=O)O)C1=O)c1ccccc1. The van der Waals surface area contributed by atoms with E-state index < -0.39 is 12.5 Å². The van der Waals surface area contributed by atoms with Crippen LogP contribution >= 0.6 is 24.0 Å². The summed E-state index contributed by atoms with van der Waals surface area (Å²) >= 11 is 6.20. The number of benzene rings is 1. The van der Waals surface area contributed by atoms with Crippen molar-refractivity contribution in [3.05, 3.63) is 40.8 Å². The number of nitrogens with zero attached hydrogens (tertiary/aromatic N) is 1. The molecule has 0 atom stereocenters. The molecule has 4 nitrogen and oxygen atoms in total. The van der Waals surface area contributed by atoms with Gasteiger partial charge in [-0.1, -0.05) is 54.3 Å². The van der Waals surface area contributed by atoms with Crippen molar-refractivity contribution < 1.29 is 14.7 Å². The zero-order chi connectivity index (χ0) is 14.0. The van der Waals surface area contributed by atoms with Gasteiger partial charge in [-0.25, -0.2) is 0 Å². The molecule has 0 aromatic heterocycles. The van der Waals surface area contributed by atoms with Crippen molar-refractivity contribution >= 4 is 45.7 Å². The molecule has 1 aromatic rings. The fourth-order valence-electron chi connectivity index (χ4n) is 1.72. The Morgan fingerprint density at radius 3 is 2.58 bits per heavy atom. The first-order chi connectivity index (χ1) is 9.00. The second kappa shape index (κ2) is 5.54. The molecule has 0 spiro atoms. The van der Waals surface area contributed by atoms with E-state index in [0.29, 0.717) is 4.91 Å². The molecular weight excluding hydrogens is 282 g/mol. The summed E-state index contributed by atoms with van der Waals surface area (Å²) in [5, 5.41) is 8.77. The third-order valence-electron chi connectivity index (χ3n) is 2.69. The van der Waals surface area contributed by atoms with Crippen LogP contribution in [0.3, 0.4) is 0 Å². The average Bonchev–Trinajstić information content (AvgIpc) is 2.66. The summed E-state index contributed by atoms with van der Waals surface area (Å²) in [6.07, 6.45) is 0. The summed E-state index contributed by atoms with van der Waals surface area (Å²) in [7, 11) is 0. The summed E-state index contributed by atoms with van der Waals surface area (Å²) in [4.78, 5) is 24.5. The number of amides is 1. The molecular formula is C13H11NO3S2. The zero-order valence-corrected chi connectivity index (χ0v) is 11.8. The highest BCUT2D eigenvalue weighted by molar-refractivity contribution is 8.26. The van der Waals surface area contributed by atoms with E-state index in [0.717, 1.165) is 27.8 Å². The molecule has 1 aliphatic rings. The zero-order valence-electron chi connectivity index (χ0n) is 10.1. The Hall–Kier alpha value is -1.66. The molecule has 0 unspecified atom stereocenters. The Bertz CT molecular complexity index is 581. The third-order valence-corrected chi connectivity index (χ3v) is 4.24.